The summed E-state index contributed by atoms with van der Waals surface area (Å²) in [5, 5.41) is 10.7. The van der Waals surface area contributed by atoms with Crippen LogP contribution in [0.15, 0.2) is 48.5 Å². The van der Waals surface area contributed by atoms with E-state index in [0.29, 0.717) is 17.1 Å². The van der Waals surface area contributed by atoms with Crippen LogP contribution in [-0.4, -0.2) is 5.11 Å². The predicted octanol–water partition coefficient (Wildman–Crippen LogP) is 3.20. The molecule has 88 valence electrons. The molecule has 1 unspecified atom stereocenters. The maximum absolute atomic E-state index is 10.1. The van der Waals surface area contributed by atoms with Crippen molar-refractivity contribution in [2.75, 3.05) is 5.73 Å². The molecule has 17 heavy (non-hydrogen) atoms. The smallest absolute Gasteiger partial charge is 0.0845 e. The number of hydrogen-bond acceptors (Lipinski definition) is 2. The molecule has 2 nitrogen and oxygen atoms in total. The second-order valence-electron chi connectivity index (χ2n) is 3.94. The van der Waals surface area contributed by atoms with Crippen LogP contribution in [0.25, 0.3) is 0 Å². The van der Waals surface area contributed by atoms with Gasteiger partial charge >= 0.3 is 0 Å². The lowest BCUT2D eigenvalue weighted by molar-refractivity contribution is 0.179. The number of nitrogens with two attached hydrogens (primary N) is 1. The summed E-state index contributed by atoms with van der Waals surface area (Å²) in [5.74, 6) is 0. The molecule has 0 fully saturated rings. The van der Waals surface area contributed by atoms with E-state index in [4.69, 9.17) is 17.3 Å². The van der Waals surface area contributed by atoms with E-state index in [1.54, 1.807) is 6.07 Å². The predicted molar refractivity (Wildman–Crippen MR) is 71.0 cm³/mol. The van der Waals surface area contributed by atoms with Gasteiger partial charge in [0.15, 0.2) is 0 Å². The van der Waals surface area contributed by atoms with Gasteiger partial charge in [-0.1, -0.05) is 48.0 Å². The summed E-state index contributed by atoms with van der Waals surface area (Å²) in [4.78, 5) is 0. The minimum Gasteiger partial charge on any atom is -0.399 e. The summed E-state index contributed by atoms with van der Waals surface area (Å²) in [6.07, 6.45) is -0.162. The maximum Gasteiger partial charge on any atom is 0.0845 e. The van der Waals surface area contributed by atoms with Crippen molar-refractivity contribution in [3.05, 3.63) is 64.7 Å². The molecule has 0 aliphatic rings. The van der Waals surface area contributed by atoms with Gasteiger partial charge in [0.05, 0.1) is 6.10 Å². The maximum atomic E-state index is 10.1. The van der Waals surface area contributed by atoms with Crippen LogP contribution >= 0.6 is 11.6 Å². The van der Waals surface area contributed by atoms with Gasteiger partial charge in [0.1, 0.15) is 0 Å². The number of anilines is 1. The van der Waals surface area contributed by atoms with Crippen LogP contribution in [0.5, 0.6) is 0 Å². The van der Waals surface area contributed by atoms with Crippen LogP contribution < -0.4 is 5.73 Å². The second kappa shape index (κ2) is 5.21. The van der Waals surface area contributed by atoms with Crippen LogP contribution in [0.1, 0.15) is 17.2 Å². The lowest BCUT2D eigenvalue weighted by Gasteiger charge is -2.13. The fourth-order valence-corrected chi connectivity index (χ4v) is 2.05. The first-order chi connectivity index (χ1) is 8.18. The van der Waals surface area contributed by atoms with Gasteiger partial charge in [-0.3, -0.25) is 0 Å². The van der Waals surface area contributed by atoms with Crippen molar-refractivity contribution in [1.29, 1.82) is 0 Å². The molecular formula is C14H14ClNO. The number of benzene rings is 2. The molecule has 0 aromatic heterocycles. The molecule has 1 atom stereocenters. The molecule has 0 saturated heterocycles. The summed E-state index contributed by atoms with van der Waals surface area (Å²) < 4.78 is 0. The van der Waals surface area contributed by atoms with Crippen LogP contribution in [0, 0.1) is 0 Å². The Hall–Kier alpha value is -1.51. The third-order valence-corrected chi connectivity index (χ3v) is 3.08. The lowest BCUT2D eigenvalue weighted by atomic mass is 10.0. The van der Waals surface area contributed by atoms with Crippen LogP contribution in [0.3, 0.4) is 0 Å². The van der Waals surface area contributed by atoms with E-state index in [0.717, 1.165) is 11.1 Å². The van der Waals surface area contributed by atoms with E-state index >= 15 is 0 Å². The van der Waals surface area contributed by atoms with Crippen molar-refractivity contribution < 1.29 is 5.11 Å². The zero-order valence-electron chi connectivity index (χ0n) is 9.31. The van der Waals surface area contributed by atoms with Crippen molar-refractivity contribution in [1.82, 2.24) is 0 Å². The van der Waals surface area contributed by atoms with E-state index in [1.165, 1.54) is 0 Å². The summed E-state index contributed by atoms with van der Waals surface area (Å²) in [6.45, 7) is 0. The fourth-order valence-electron chi connectivity index (χ4n) is 1.78. The molecule has 0 heterocycles. The molecule has 0 saturated carbocycles. The van der Waals surface area contributed by atoms with Gasteiger partial charge in [-0.2, -0.15) is 0 Å². The Morgan fingerprint density at radius 1 is 1.06 bits per heavy atom. The lowest BCUT2D eigenvalue weighted by Crippen LogP contribution is -2.04. The molecule has 0 aliphatic carbocycles. The van der Waals surface area contributed by atoms with Gasteiger partial charge < -0.3 is 10.8 Å². The Morgan fingerprint density at radius 2 is 1.71 bits per heavy atom. The summed E-state index contributed by atoms with van der Waals surface area (Å²) >= 11 is 6.03. The highest BCUT2D eigenvalue weighted by Gasteiger charge is 2.12. The van der Waals surface area contributed by atoms with Gasteiger partial charge in [-0.05, 0) is 23.3 Å². The van der Waals surface area contributed by atoms with E-state index < -0.39 is 6.10 Å². The van der Waals surface area contributed by atoms with Gasteiger partial charge in [0, 0.05) is 17.1 Å². The van der Waals surface area contributed by atoms with E-state index in [2.05, 4.69) is 0 Å². The third-order valence-electron chi connectivity index (χ3n) is 2.73. The first-order valence-corrected chi connectivity index (χ1v) is 5.82. The molecule has 0 amide bonds. The van der Waals surface area contributed by atoms with Crippen molar-refractivity contribution in [2.45, 2.75) is 12.5 Å². The minimum atomic E-state index is -0.631. The number of aliphatic hydroxyl groups is 1. The molecule has 2 rings (SSSR count). The first-order valence-electron chi connectivity index (χ1n) is 5.44. The van der Waals surface area contributed by atoms with Gasteiger partial charge in [-0.15, -0.1) is 0 Å². The number of aliphatic hydroxyl groups excluding tert-OH is 1. The molecule has 3 heteroatoms. The van der Waals surface area contributed by atoms with Crippen LogP contribution in [0.2, 0.25) is 5.02 Å². The van der Waals surface area contributed by atoms with Gasteiger partial charge in [-0.25, -0.2) is 0 Å². The van der Waals surface area contributed by atoms with Gasteiger partial charge in [0.25, 0.3) is 0 Å². The molecule has 0 bridgehead atoms. The molecule has 0 spiro atoms. The zero-order chi connectivity index (χ0) is 12.3. The van der Waals surface area contributed by atoms with Crippen LogP contribution in [-0.2, 0) is 6.42 Å². The van der Waals surface area contributed by atoms with Gasteiger partial charge in [0.2, 0.25) is 0 Å². The number of halogens is 1. The number of para-hydroxylation sites is 1. The summed E-state index contributed by atoms with van der Waals surface area (Å²) in [5.41, 5.74) is 8.20. The quantitative estimate of drug-likeness (QED) is 0.819. The largest absolute Gasteiger partial charge is 0.399 e. The Balaban J connectivity index is 2.20. The molecule has 3 N–H and O–H groups in total. The monoisotopic (exact) mass is 247 g/mol. The third kappa shape index (κ3) is 2.78. The van der Waals surface area contributed by atoms with E-state index in [1.807, 2.05) is 42.5 Å². The topological polar surface area (TPSA) is 46.2 Å². The van der Waals surface area contributed by atoms with Crippen LogP contribution in [0.4, 0.5) is 5.69 Å². The Kier molecular flexibility index (Phi) is 3.67. The highest BCUT2D eigenvalue weighted by molar-refractivity contribution is 6.31. The van der Waals surface area contributed by atoms with E-state index in [9.17, 15) is 5.11 Å². The minimum absolute atomic E-state index is 0.469. The Bertz CT molecular complexity index is 513. The molecule has 0 aliphatic heterocycles. The van der Waals surface area contributed by atoms with Crippen molar-refractivity contribution in [3.63, 3.8) is 0 Å². The second-order valence-corrected chi connectivity index (χ2v) is 4.35. The molecule has 2 aromatic carbocycles. The number of nitrogen functional groups attached to an aromatic ring is 1. The summed E-state index contributed by atoms with van der Waals surface area (Å²) in [7, 11) is 0. The standard InChI is InChI=1S/C14H14ClNO/c15-12-7-3-2-6-11(12)14(17)9-10-5-1-4-8-13(10)16/h1-8,14,17H,9,16H2. The van der Waals surface area contributed by atoms with Crippen molar-refractivity contribution in [2.24, 2.45) is 0 Å². The fraction of sp³-hybridized carbons (Fsp3) is 0.143. The average molecular weight is 248 g/mol. The molecule has 2 aromatic rings. The number of rotatable bonds is 3. The Morgan fingerprint density at radius 3 is 2.41 bits per heavy atom. The molecular weight excluding hydrogens is 234 g/mol. The first kappa shape index (κ1) is 12.0. The normalized spacial score (nSPS) is 12.4. The van der Waals surface area contributed by atoms with Crippen molar-refractivity contribution in [3.8, 4) is 0 Å². The zero-order valence-corrected chi connectivity index (χ0v) is 10.1. The Labute approximate surface area is 106 Å². The summed E-state index contributed by atoms with van der Waals surface area (Å²) in [6, 6.07) is 14.8. The highest BCUT2D eigenvalue weighted by Crippen LogP contribution is 2.26. The SMILES string of the molecule is Nc1ccccc1CC(O)c1ccccc1Cl. The van der Waals surface area contributed by atoms with Crippen molar-refractivity contribution >= 4 is 17.3 Å². The van der Waals surface area contributed by atoms with E-state index in [-0.39, 0.29) is 0 Å². The molecule has 0 radical (unpaired) electrons. The average Bonchev–Trinajstić information content (AvgIpc) is 2.32. The highest BCUT2D eigenvalue weighted by atomic mass is 35.5. The number of hydrogen-bond donors (Lipinski definition) is 2.